The topological polar surface area (TPSA) is 35.9 Å². The van der Waals surface area contributed by atoms with E-state index in [1.807, 2.05) is 62.6 Å². The second-order valence-corrected chi connectivity index (χ2v) is 7.99. The van der Waals surface area contributed by atoms with Crippen molar-refractivity contribution in [2.24, 2.45) is 4.36 Å². The molecule has 4 nitrogen and oxygen atoms in total. The van der Waals surface area contributed by atoms with Gasteiger partial charge in [0.15, 0.2) is 0 Å². The van der Waals surface area contributed by atoms with Crippen LogP contribution in [0.2, 0.25) is 5.02 Å². The van der Waals surface area contributed by atoms with Crippen molar-refractivity contribution in [2.75, 3.05) is 32.1 Å². The lowest BCUT2D eigenvalue weighted by atomic mass is 10.2. The second kappa shape index (κ2) is 7.47. The average molecular weight is 362 g/mol. The summed E-state index contributed by atoms with van der Waals surface area (Å²) in [5.41, 5.74) is 0.922. The maximum atomic E-state index is 12.6. The first kappa shape index (κ1) is 17.1. The summed E-state index contributed by atoms with van der Waals surface area (Å²) in [4.78, 5) is 18.5. The molecular formula is C18H20ClN3OS. The zero-order valence-electron chi connectivity index (χ0n) is 13.8. The Morgan fingerprint density at radius 1 is 1.17 bits per heavy atom. The van der Waals surface area contributed by atoms with Gasteiger partial charge in [-0.3, -0.25) is 4.90 Å². The Morgan fingerprint density at radius 3 is 2.62 bits per heavy atom. The molecule has 0 aliphatic carbocycles. The van der Waals surface area contributed by atoms with Gasteiger partial charge in [-0.25, -0.2) is 4.79 Å². The first-order valence-electron chi connectivity index (χ1n) is 7.83. The molecule has 2 aromatic rings. The fourth-order valence-corrected chi connectivity index (χ4v) is 4.61. The normalized spacial score (nSPS) is 16.9. The van der Waals surface area contributed by atoms with Gasteiger partial charge in [0.25, 0.3) is 0 Å². The average Bonchev–Trinajstić information content (AvgIpc) is 2.57. The molecule has 1 unspecified atom stereocenters. The van der Waals surface area contributed by atoms with Gasteiger partial charge in [0.1, 0.15) is 0 Å². The van der Waals surface area contributed by atoms with Crippen LogP contribution in [0, 0.1) is 0 Å². The number of fused-ring (bicyclic) bond motifs is 1. The Balaban J connectivity index is 1.98. The van der Waals surface area contributed by atoms with Crippen LogP contribution < -0.4 is 4.90 Å². The zero-order chi connectivity index (χ0) is 17.1. The van der Waals surface area contributed by atoms with Crippen molar-refractivity contribution in [3.63, 3.8) is 0 Å². The molecule has 24 heavy (non-hydrogen) atoms. The number of carbonyl (C=O) groups excluding carboxylic acids is 1. The van der Waals surface area contributed by atoms with Crippen LogP contribution in [0.4, 0.5) is 10.5 Å². The highest BCUT2D eigenvalue weighted by Crippen LogP contribution is 2.35. The lowest BCUT2D eigenvalue weighted by molar-refractivity contribution is 0.253. The van der Waals surface area contributed by atoms with Gasteiger partial charge >= 0.3 is 6.03 Å². The smallest absolute Gasteiger partial charge is 0.309 e. The third kappa shape index (κ3) is 3.69. The molecule has 126 valence electrons. The number of hydrogen-bond acceptors (Lipinski definition) is 2. The fourth-order valence-electron chi connectivity index (χ4n) is 2.64. The number of anilines is 1. The quantitative estimate of drug-likeness (QED) is 0.788. The number of carbonyl (C=O) groups is 1. The predicted octanol–water partition coefficient (Wildman–Crippen LogP) is 4.45. The maximum Gasteiger partial charge on any atom is 0.354 e. The number of rotatable bonds is 5. The predicted molar refractivity (Wildman–Crippen MR) is 100 cm³/mol. The molecule has 2 aromatic carbocycles. The number of hydrogen-bond donors (Lipinski definition) is 0. The van der Waals surface area contributed by atoms with Gasteiger partial charge in [-0.1, -0.05) is 29.8 Å². The first-order valence-corrected chi connectivity index (χ1v) is 9.39. The van der Waals surface area contributed by atoms with E-state index in [4.69, 9.17) is 11.6 Å². The molecule has 2 amide bonds. The van der Waals surface area contributed by atoms with Gasteiger partial charge in [0.2, 0.25) is 0 Å². The number of benzene rings is 2. The van der Waals surface area contributed by atoms with Gasteiger partial charge in [-0.05, 0) is 68.1 Å². The van der Waals surface area contributed by atoms with Gasteiger partial charge < -0.3 is 4.90 Å². The molecule has 0 N–H and O–H groups in total. The molecule has 0 bridgehead atoms. The van der Waals surface area contributed by atoms with Crippen molar-refractivity contribution in [3.8, 4) is 0 Å². The highest BCUT2D eigenvalue weighted by Gasteiger charge is 2.26. The van der Waals surface area contributed by atoms with Crippen LogP contribution in [0.25, 0.3) is 0 Å². The summed E-state index contributed by atoms with van der Waals surface area (Å²) >= 11 is 6.21. The van der Waals surface area contributed by atoms with Crippen molar-refractivity contribution >= 4 is 34.0 Å². The molecule has 0 radical (unpaired) electrons. The Hall–Kier alpha value is -1.69. The minimum Gasteiger partial charge on any atom is -0.309 e. The summed E-state index contributed by atoms with van der Waals surface area (Å²) in [7, 11) is 3.44. The standard InChI is InChI=1S/C18H20ClN3OS/c1-21(2)11-6-12-22-16-10-9-14(19)13-17(16)24(20-18(22)23)15-7-4-3-5-8-15/h3-5,7-10,13H,6,11-12H2,1-2H3. The molecular weight excluding hydrogens is 342 g/mol. The molecule has 0 aromatic heterocycles. The van der Waals surface area contributed by atoms with Crippen LogP contribution in [0.15, 0.2) is 62.7 Å². The minimum absolute atomic E-state index is 0.171. The lowest BCUT2D eigenvalue weighted by Crippen LogP contribution is -2.34. The van der Waals surface area contributed by atoms with E-state index in [1.54, 1.807) is 4.90 Å². The number of amides is 2. The van der Waals surface area contributed by atoms with E-state index in [9.17, 15) is 4.79 Å². The molecule has 0 saturated heterocycles. The Morgan fingerprint density at radius 2 is 1.92 bits per heavy atom. The highest BCUT2D eigenvalue weighted by molar-refractivity contribution is 7.88. The van der Waals surface area contributed by atoms with Crippen molar-refractivity contribution in [3.05, 3.63) is 53.6 Å². The Labute approximate surface area is 150 Å². The number of urea groups is 1. The van der Waals surface area contributed by atoms with Crippen molar-refractivity contribution in [1.82, 2.24) is 4.90 Å². The van der Waals surface area contributed by atoms with Gasteiger partial charge in [-0.2, -0.15) is 4.36 Å². The van der Waals surface area contributed by atoms with E-state index < -0.39 is 10.7 Å². The van der Waals surface area contributed by atoms with Gasteiger partial charge in [-0.15, -0.1) is 0 Å². The molecule has 1 atom stereocenters. The molecule has 6 heteroatoms. The van der Waals surface area contributed by atoms with Crippen molar-refractivity contribution in [2.45, 2.75) is 16.2 Å². The summed E-state index contributed by atoms with van der Waals surface area (Å²) < 4.78 is 4.46. The minimum atomic E-state index is -0.619. The summed E-state index contributed by atoms with van der Waals surface area (Å²) in [6.07, 6.45) is 0.898. The molecule has 0 saturated carbocycles. The largest absolute Gasteiger partial charge is 0.354 e. The summed E-state index contributed by atoms with van der Waals surface area (Å²) in [5.74, 6) is 0. The van der Waals surface area contributed by atoms with E-state index in [0.717, 1.165) is 28.4 Å². The van der Waals surface area contributed by atoms with Crippen LogP contribution in [0.5, 0.6) is 0 Å². The first-order chi connectivity index (χ1) is 11.6. The zero-order valence-corrected chi connectivity index (χ0v) is 15.3. The summed E-state index contributed by atoms with van der Waals surface area (Å²) in [6, 6.07) is 15.4. The van der Waals surface area contributed by atoms with E-state index in [1.165, 1.54) is 0 Å². The van der Waals surface area contributed by atoms with Crippen molar-refractivity contribution < 1.29 is 4.79 Å². The molecule has 3 rings (SSSR count). The van der Waals surface area contributed by atoms with Crippen LogP contribution in [-0.2, 0) is 10.7 Å². The van der Waals surface area contributed by atoms with Crippen molar-refractivity contribution in [1.29, 1.82) is 0 Å². The number of halogens is 1. The number of nitrogens with zero attached hydrogens (tertiary/aromatic N) is 3. The third-order valence-corrected chi connectivity index (χ3v) is 5.81. The fraction of sp³-hybridized carbons (Fsp3) is 0.278. The third-order valence-electron chi connectivity index (χ3n) is 3.77. The molecule has 1 aliphatic heterocycles. The lowest BCUT2D eigenvalue weighted by Gasteiger charge is -2.29. The summed E-state index contributed by atoms with van der Waals surface area (Å²) in [5, 5.41) is 0.667. The Kier molecular flexibility index (Phi) is 5.33. The molecule has 0 fully saturated rings. The van der Waals surface area contributed by atoms with Crippen LogP contribution in [0.1, 0.15) is 6.42 Å². The van der Waals surface area contributed by atoms with Crippen LogP contribution >= 0.6 is 11.6 Å². The van der Waals surface area contributed by atoms with E-state index >= 15 is 0 Å². The highest BCUT2D eigenvalue weighted by atomic mass is 35.5. The van der Waals surface area contributed by atoms with Gasteiger partial charge in [0, 0.05) is 21.4 Å². The SMILES string of the molecule is CN(C)CCCN1C(=O)N=S(c2ccccc2)c2cc(Cl)ccc21. The molecule has 0 spiro atoms. The van der Waals surface area contributed by atoms with E-state index in [2.05, 4.69) is 9.26 Å². The van der Waals surface area contributed by atoms with Crippen LogP contribution in [-0.4, -0.2) is 38.1 Å². The maximum absolute atomic E-state index is 12.6. The Bertz CT molecular complexity index is 777. The molecule has 1 heterocycles. The molecule has 1 aliphatic rings. The van der Waals surface area contributed by atoms with E-state index in [0.29, 0.717) is 11.6 Å². The monoisotopic (exact) mass is 361 g/mol. The summed E-state index contributed by atoms with van der Waals surface area (Å²) in [6.45, 7) is 1.58. The van der Waals surface area contributed by atoms with E-state index in [-0.39, 0.29) is 6.03 Å². The second-order valence-electron chi connectivity index (χ2n) is 5.89. The van der Waals surface area contributed by atoms with Crippen LogP contribution in [0.3, 0.4) is 0 Å². The van der Waals surface area contributed by atoms with Gasteiger partial charge in [0.05, 0.1) is 5.69 Å².